The number of likely N-dealkylation sites (tertiary alicyclic amines) is 2. The smallest absolute Gasteiger partial charge is 0.313 e. The number of amidine groups is 1. The van der Waals surface area contributed by atoms with Crippen LogP contribution in [0.15, 0.2) is 33.3 Å². The van der Waals surface area contributed by atoms with E-state index in [1.807, 2.05) is 12.3 Å². The van der Waals surface area contributed by atoms with E-state index in [4.69, 9.17) is 27.4 Å². The lowest BCUT2D eigenvalue weighted by atomic mass is 9.76. The summed E-state index contributed by atoms with van der Waals surface area (Å²) in [4.78, 5) is 21.1. The first-order chi connectivity index (χ1) is 22.6. The molecule has 1 unspecified atom stereocenters. The first-order valence-electron chi connectivity index (χ1n) is 18.0. The topological polar surface area (TPSA) is 80.9 Å². The van der Waals surface area contributed by atoms with E-state index >= 15 is 0 Å². The van der Waals surface area contributed by atoms with Gasteiger partial charge in [0.25, 0.3) is 0 Å². The van der Waals surface area contributed by atoms with Gasteiger partial charge in [-0.1, -0.05) is 53.7 Å². The van der Waals surface area contributed by atoms with Gasteiger partial charge in [0, 0.05) is 70.6 Å². The first kappa shape index (κ1) is 36.7. The molecule has 9 heteroatoms. The van der Waals surface area contributed by atoms with Crippen LogP contribution >= 0.6 is 43.5 Å². The third-order valence-electron chi connectivity index (χ3n) is 11.1. The van der Waals surface area contributed by atoms with E-state index in [0.29, 0.717) is 28.6 Å². The molecule has 3 aliphatic rings. The maximum Gasteiger partial charge on any atom is 0.313 e. The third kappa shape index (κ3) is 9.34. The second-order valence-electron chi connectivity index (χ2n) is 14.6. The normalized spacial score (nSPS) is 23.5. The second-order valence-corrected chi connectivity index (χ2v) is 16.8. The van der Waals surface area contributed by atoms with Gasteiger partial charge in [-0.15, -0.1) is 0 Å². The highest BCUT2D eigenvalue weighted by Gasteiger charge is 2.42. The molecule has 47 heavy (non-hydrogen) atoms. The summed E-state index contributed by atoms with van der Waals surface area (Å²) in [6.07, 6.45) is 16.6. The first-order valence-corrected chi connectivity index (χ1v) is 19.9. The Morgan fingerprint density at radius 2 is 1.83 bits per heavy atom. The number of aromatic nitrogens is 1. The van der Waals surface area contributed by atoms with E-state index in [0.717, 1.165) is 135 Å². The number of hydrogen-bond donors (Lipinski definition) is 2. The average molecular weight is 791 g/mol. The zero-order valence-corrected chi connectivity index (χ0v) is 32.3. The van der Waals surface area contributed by atoms with Crippen molar-refractivity contribution in [1.29, 1.82) is 10.8 Å². The van der Waals surface area contributed by atoms with Crippen molar-refractivity contribution in [2.24, 2.45) is 11.8 Å². The van der Waals surface area contributed by atoms with Gasteiger partial charge in [-0.05, 0) is 108 Å². The van der Waals surface area contributed by atoms with Crippen LogP contribution < -0.4 is 0 Å². The lowest BCUT2D eigenvalue weighted by Gasteiger charge is -2.41. The molecule has 2 fully saturated rings. The Hall–Kier alpha value is -1.61. The molecule has 0 bridgehead atoms. The van der Waals surface area contributed by atoms with Gasteiger partial charge in [0.15, 0.2) is 0 Å². The van der Waals surface area contributed by atoms with Crippen LogP contribution in [0.2, 0.25) is 5.02 Å². The van der Waals surface area contributed by atoms with E-state index in [1.165, 1.54) is 28.8 Å². The van der Waals surface area contributed by atoms with Crippen molar-refractivity contribution in [3.63, 3.8) is 0 Å². The molecule has 6 nitrogen and oxygen atoms in total. The Balaban J connectivity index is 1.16. The highest BCUT2D eigenvalue weighted by atomic mass is 79.9. The van der Waals surface area contributed by atoms with Gasteiger partial charge in [-0.25, -0.2) is 4.79 Å². The van der Waals surface area contributed by atoms with Crippen LogP contribution in [0.1, 0.15) is 119 Å². The zero-order chi connectivity index (χ0) is 33.6. The predicted molar refractivity (Wildman–Crippen MR) is 201 cm³/mol. The van der Waals surface area contributed by atoms with Crippen LogP contribution in [0.5, 0.6) is 0 Å². The summed E-state index contributed by atoms with van der Waals surface area (Å²) >= 11 is 14.1. The summed E-state index contributed by atoms with van der Waals surface area (Å²) in [5.41, 5.74) is 5.94. The largest absolute Gasteiger partial charge is 0.360 e. The predicted octanol–water partition coefficient (Wildman–Crippen LogP) is 10.1. The molecule has 1 aromatic heterocycles. The highest BCUT2D eigenvalue weighted by molar-refractivity contribution is 9.10. The van der Waals surface area contributed by atoms with Gasteiger partial charge in [0.05, 0.1) is 38.1 Å². The minimum atomic E-state index is 0.185. The fraction of sp³-hybridized carbons (Fsp3) is 0.632. The summed E-state index contributed by atoms with van der Waals surface area (Å²) < 4.78 is 2.63. The molecule has 2 saturated heterocycles. The molecular formula is C38H53Br2ClN5O+. The molecule has 0 spiro atoms. The Morgan fingerprint density at radius 3 is 2.57 bits per heavy atom. The maximum absolute atomic E-state index is 13.9. The van der Waals surface area contributed by atoms with E-state index in [1.54, 1.807) is 0 Å². The van der Waals surface area contributed by atoms with Crippen molar-refractivity contribution < 1.29 is 9.28 Å². The monoisotopic (exact) mass is 788 g/mol. The molecule has 2 aromatic rings. The minimum Gasteiger partial charge on any atom is -0.360 e. The summed E-state index contributed by atoms with van der Waals surface area (Å²) in [5.74, 6) is 2.17. The minimum absolute atomic E-state index is 0.185. The Labute approximate surface area is 304 Å². The zero-order valence-electron chi connectivity index (χ0n) is 28.4. The van der Waals surface area contributed by atoms with Gasteiger partial charge < -0.3 is 10.3 Å². The molecule has 256 valence electrons. The third-order valence-corrected chi connectivity index (χ3v) is 12.4. The van der Waals surface area contributed by atoms with Crippen LogP contribution in [-0.4, -0.2) is 65.0 Å². The molecule has 2 N–H and O–H groups in total. The summed E-state index contributed by atoms with van der Waals surface area (Å²) in [6, 6.07) is 6.41. The van der Waals surface area contributed by atoms with Gasteiger partial charge >= 0.3 is 5.91 Å². The number of carbonyl (C=O) groups is 1. The Kier molecular flexibility index (Phi) is 13.2. The number of carbonyl (C=O) groups excluding carboxylic acids is 1. The van der Waals surface area contributed by atoms with Crippen LogP contribution in [0.25, 0.3) is 0 Å². The number of quaternary nitrogens is 1. The van der Waals surface area contributed by atoms with Crippen LogP contribution in [-0.2, 0) is 17.6 Å². The maximum atomic E-state index is 13.9. The van der Waals surface area contributed by atoms with Crippen molar-refractivity contribution in [3.8, 4) is 0 Å². The summed E-state index contributed by atoms with van der Waals surface area (Å²) in [6.45, 7) is 5.77. The van der Waals surface area contributed by atoms with Crippen molar-refractivity contribution in [1.82, 2.24) is 9.88 Å². The number of hydrogen-bond acceptors (Lipinski definition) is 4. The fourth-order valence-corrected chi connectivity index (χ4v) is 9.80. The number of pyridine rings is 1. The molecule has 3 heterocycles. The molecule has 0 radical (unpaired) electrons. The molecule has 1 aromatic carbocycles. The van der Waals surface area contributed by atoms with Gasteiger partial charge in [-0.3, -0.25) is 14.9 Å². The molecule has 1 aliphatic carbocycles. The summed E-state index contributed by atoms with van der Waals surface area (Å²) in [7, 11) is 2.17. The van der Waals surface area contributed by atoms with Crippen LogP contribution in [0.3, 0.4) is 0 Å². The molecule has 5 rings (SSSR count). The number of halogens is 3. The summed E-state index contributed by atoms with van der Waals surface area (Å²) in [5, 5.41) is 17.4. The highest BCUT2D eigenvalue weighted by Crippen LogP contribution is 2.47. The number of unbranched alkanes of at least 4 members (excludes halogenated alkanes) is 1. The molecule has 2 aliphatic heterocycles. The van der Waals surface area contributed by atoms with Crippen molar-refractivity contribution >= 4 is 60.9 Å². The average Bonchev–Trinajstić information content (AvgIpc) is 3.20. The van der Waals surface area contributed by atoms with Gasteiger partial charge in [-0.2, -0.15) is 0 Å². The molecular weight excluding hydrogens is 738 g/mol. The number of piperidine rings is 2. The van der Waals surface area contributed by atoms with E-state index in [9.17, 15) is 4.79 Å². The number of nitrogens with zero attached hydrogens (tertiary/aromatic N) is 3. The number of amides is 1. The van der Waals surface area contributed by atoms with E-state index < -0.39 is 0 Å². The van der Waals surface area contributed by atoms with Gasteiger partial charge in [0.1, 0.15) is 0 Å². The SMILES string of the molecule is CCCC(CCCCC(=N)CCN1CCCCC1=N)CC(=O)[N+]1(C)CCC([C@H]2c3ncc(Br)cc3CCc3cc(Cl)cc(Br)c32)CC1. The number of aryl methyl sites for hydroxylation is 2. The fourth-order valence-electron chi connectivity index (χ4n) is 8.30. The number of fused-ring (bicyclic) bond motifs is 2. The second kappa shape index (κ2) is 16.9. The number of rotatable bonds is 13. The quantitative estimate of drug-likeness (QED) is 0.120. The number of nitrogens with one attached hydrogen (secondary N) is 2. The molecule has 1 amide bonds. The van der Waals surface area contributed by atoms with Crippen molar-refractivity contribution in [2.75, 3.05) is 33.2 Å². The van der Waals surface area contributed by atoms with Crippen LogP contribution in [0.4, 0.5) is 0 Å². The molecule has 2 atom stereocenters. The standard InChI is InChI=1S/C38H53Br2ClN5O/c1-3-8-26(9-4-5-10-32(42)14-18-45-17-7-6-11-34(45)43)21-35(47)46(2)19-15-27(16-20-46)37-36-28(23-31(41)24-33(36)40)12-13-29-22-30(39)25-44-38(29)37/h22-27,37,42-43H,3-21H2,1-2H3/q+1/t26?,27?,37-,46?/m1/s1. The van der Waals surface area contributed by atoms with E-state index in [-0.39, 0.29) is 5.92 Å². The lowest BCUT2D eigenvalue weighted by Crippen LogP contribution is -2.55. The van der Waals surface area contributed by atoms with Crippen LogP contribution in [0, 0.1) is 22.7 Å². The van der Waals surface area contributed by atoms with Crippen molar-refractivity contribution in [3.05, 3.63) is 60.7 Å². The lowest BCUT2D eigenvalue weighted by molar-refractivity contribution is -0.841. The van der Waals surface area contributed by atoms with Gasteiger partial charge in [0.2, 0.25) is 0 Å². The Morgan fingerprint density at radius 1 is 1.06 bits per heavy atom. The Bertz CT molecular complexity index is 1440. The van der Waals surface area contributed by atoms with E-state index in [2.05, 4.69) is 62.9 Å². The number of benzene rings is 1. The molecule has 0 saturated carbocycles. The van der Waals surface area contributed by atoms with Crippen molar-refractivity contribution in [2.45, 2.75) is 109 Å².